The van der Waals surface area contributed by atoms with E-state index in [9.17, 15) is 9.59 Å². The van der Waals surface area contributed by atoms with Gasteiger partial charge < -0.3 is 10.6 Å². The summed E-state index contributed by atoms with van der Waals surface area (Å²) in [4.78, 5) is 23.5. The van der Waals surface area contributed by atoms with Crippen molar-refractivity contribution in [2.45, 2.75) is 44.9 Å². The van der Waals surface area contributed by atoms with E-state index in [0.717, 1.165) is 25.9 Å². The molecule has 0 saturated carbocycles. The third-order valence-electron chi connectivity index (χ3n) is 4.48. The van der Waals surface area contributed by atoms with E-state index in [1.54, 1.807) is 24.3 Å². The predicted octanol–water partition coefficient (Wildman–Crippen LogP) is 4.66. The van der Waals surface area contributed by atoms with Gasteiger partial charge in [0.25, 0.3) is 0 Å². The first-order valence-electron chi connectivity index (χ1n) is 9.94. The molecule has 0 aliphatic rings. The highest BCUT2D eigenvalue weighted by atomic mass is 16.1. The molecule has 4 nitrogen and oxygen atoms in total. The zero-order chi connectivity index (χ0) is 19.2. The molecule has 0 atom stereocenters. The molecule has 0 bridgehead atoms. The van der Waals surface area contributed by atoms with Crippen molar-refractivity contribution in [3.63, 3.8) is 0 Å². The number of hydrogen-bond donors (Lipinski definition) is 2. The van der Waals surface area contributed by atoms with E-state index < -0.39 is 0 Å². The van der Waals surface area contributed by atoms with E-state index in [1.165, 1.54) is 32.1 Å². The molecule has 2 aromatic rings. The maximum atomic E-state index is 11.8. The van der Waals surface area contributed by atoms with Crippen LogP contribution in [-0.4, -0.2) is 13.1 Å². The van der Waals surface area contributed by atoms with E-state index in [4.69, 9.17) is 0 Å². The number of hydrogen-bond acceptors (Lipinski definition) is 4. The minimum Gasteiger partial charge on any atom is -0.382 e. The molecule has 2 aromatic carbocycles. The van der Waals surface area contributed by atoms with Gasteiger partial charge in [-0.2, -0.15) is 0 Å². The maximum absolute atomic E-state index is 11.8. The molecular weight excluding hydrogens is 336 g/mol. The number of nitrogens with one attached hydrogen (secondary N) is 2. The van der Waals surface area contributed by atoms with Gasteiger partial charge in [0.15, 0.2) is 0 Å². The molecule has 0 amide bonds. The molecule has 4 heteroatoms. The van der Waals surface area contributed by atoms with Gasteiger partial charge >= 0.3 is 0 Å². The normalized spacial score (nSPS) is 10.4. The van der Waals surface area contributed by atoms with Crippen LogP contribution in [0.25, 0.3) is 0 Å². The lowest BCUT2D eigenvalue weighted by Gasteiger charge is -2.05. The third-order valence-corrected chi connectivity index (χ3v) is 4.48. The van der Waals surface area contributed by atoms with Crippen LogP contribution in [0.1, 0.15) is 44.9 Å². The lowest BCUT2D eigenvalue weighted by Crippen LogP contribution is -2.09. The van der Waals surface area contributed by atoms with Gasteiger partial charge in [-0.1, -0.05) is 68.5 Å². The van der Waals surface area contributed by atoms with Gasteiger partial charge in [0.05, 0.1) is 11.4 Å². The van der Waals surface area contributed by atoms with E-state index >= 15 is 0 Å². The lowest BCUT2D eigenvalue weighted by atomic mass is 10.1. The largest absolute Gasteiger partial charge is 0.382 e. The van der Waals surface area contributed by atoms with E-state index in [0.29, 0.717) is 11.4 Å². The molecule has 144 valence electrons. The van der Waals surface area contributed by atoms with Crippen molar-refractivity contribution in [1.82, 2.24) is 0 Å². The smallest absolute Gasteiger partial charge is 0.201 e. The average molecular weight is 367 g/mol. The van der Waals surface area contributed by atoms with Crippen LogP contribution in [0.5, 0.6) is 0 Å². The van der Waals surface area contributed by atoms with Crippen molar-refractivity contribution in [3.8, 4) is 0 Å². The summed E-state index contributed by atoms with van der Waals surface area (Å²) in [7, 11) is 0. The van der Waals surface area contributed by atoms with Gasteiger partial charge in [-0.15, -0.1) is 0 Å². The summed E-state index contributed by atoms with van der Waals surface area (Å²) < 4.78 is 0. The number of unbranched alkanes of at least 4 members (excludes halogenated alkanes) is 6. The summed E-state index contributed by atoms with van der Waals surface area (Å²) in [6, 6.07) is 17.9. The van der Waals surface area contributed by atoms with Crippen molar-refractivity contribution >= 4 is 11.4 Å². The Morgan fingerprint density at radius 2 is 0.852 bits per heavy atom. The Kier molecular flexibility index (Phi) is 9.72. The molecule has 2 N–H and O–H groups in total. The van der Waals surface area contributed by atoms with E-state index in [2.05, 4.69) is 10.6 Å². The van der Waals surface area contributed by atoms with Gasteiger partial charge in [-0.05, 0) is 37.1 Å². The third kappa shape index (κ3) is 8.54. The van der Waals surface area contributed by atoms with Gasteiger partial charge in [-0.3, -0.25) is 9.59 Å². The quantitative estimate of drug-likeness (QED) is 0.536. The highest BCUT2D eigenvalue weighted by Crippen LogP contribution is 2.08. The predicted molar refractivity (Wildman–Crippen MR) is 115 cm³/mol. The fraction of sp³-hybridized carbons (Fsp3) is 0.391. The topological polar surface area (TPSA) is 58.2 Å². The van der Waals surface area contributed by atoms with Gasteiger partial charge in [0.1, 0.15) is 0 Å². The maximum Gasteiger partial charge on any atom is 0.201 e. The molecule has 27 heavy (non-hydrogen) atoms. The molecule has 0 fully saturated rings. The summed E-state index contributed by atoms with van der Waals surface area (Å²) in [6.45, 7) is 1.68. The summed E-state index contributed by atoms with van der Waals surface area (Å²) in [5.74, 6) is 0. The van der Waals surface area contributed by atoms with Crippen LogP contribution < -0.4 is 21.5 Å². The molecule has 2 rings (SSSR count). The van der Waals surface area contributed by atoms with Gasteiger partial charge in [0.2, 0.25) is 10.9 Å². The molecule has 0 heterocycles. The van der Waals surface area contributed by atoms with Crippen LogP contribution in [0.15, 0.2) is 70.3 Å². The van der Waals surface area contributed by atoms with Crippen molar-refractivity contribution < 1.29 is 0 Å². The number of anilines is 2. The van der Waals surface area contributed by atoms with Crippen molar-refractivity contribution in [2.24, 2.45) is 0 Å². The van der Waals surface area contributed by atoms with Crippen LogP contribution in [0.2, 0.25) is 0 Å². The zero-order valence-corrected chi connectivity index (χ0v) is 16.0. The number of rotatable bonds is 12. The molecule has 0 unspecified atom stereocenters. The first-order chi connectivity index (χ1) is 13.3. The standard InChI is InChI=1S/C23H30N2O2/c26-22-16-10-6-8-14-20(22)24-18-12-4-2-1-3-5-13-19-25-21-15-9-7-11-17-23(21)27/h6-11,14-17H,1-5,12-13,18-19H2,(H,24,26)(H,25,27). The SMILES string of the molecule is O=c1cccccc1NCCCCCCCCCNc1cccccc1=O. The molecule has 0 radical (unpaired) electrons. The molecule has 0 spiro atoms. The Bertz CT molecular complexity index is 726. The second-order valence-corrected chi connectivity index (χ2v) is 6.71. The minimum atomic E-state index is 0.0435. The Morgan fingerprint density at radius 1 is 0.481 bits per heavy atom. The lowest BCUT2D eigenvalue weighted by molar-refractivity contribution is 0.591. The van der Waals surface area contributed by atoms with E-state index in [-0.39, 0.29) is 10.9 Å². The van der Waals surface area contributed by atoms with Gasteiger partial charge in [0, 0.05) is 13.1 Å². The van der Waals surface area contributed by atoms with Crippen molar-refractivity contribution in [1.29, 1.82) is 0 Å². The Balaban J connectivity index is 1.46. The summed E-state index contributed by atoms with van der Waals surface area (Å²) in [6.07, 6.45) is 8.20. The summed E-state index contributed by atoms with van der Waals surface area (Å²) in [5, 5.41) is 6.46. The van der Waals surface area contributed by atoms with E-state index in [1.807, 2.05) is 36.4 Å². The van der Waals surface area contributed by atoms with Gasteiger partial charge in [-0.25, -0.2) is 0 Å². The molecule has 0 aliphatic heterocycles. The van der Waals surface area contributed by atoms with Crippen LogP contribution in [0.3, 0.4) is 0 Å². The van der Waals surface area contributed by atoms with Crippen molar-refractivity contribution in [2.75, 3.05) is 23.7 Å². The Labute approximate surface area is 161 Å². The molecule has 0 aromatic heterocycles. The first-order valence-corrected chi connectivity index (χ1v) is 9.94. The monoisotopic (exact) mass is 366 g/mol. The fourth-order valence-corrected chi connectivity index (χ4v) is 2.93. The second-order valence-electron chi connectivity index (χ2n) is 6.71. The Hall–Kier alpha value is -2.62. The van der Waals surface area contributed by atoms with Crippen LogP contribution in [0, 0.1) is 0 Å². The molecule has 0 aliphatic carbocycles. The van der Waals surface area contributed by atoms with Crippen molar-refractivity contribution in [3.05, 3.63) is 81.1 Å². The first kappa shape index (κ1) is 20.7. The second kappa shape index (κ2) is 12.7. The fourth-order valence-electron chi connectivity index (χ4n) is 2.93. The zero-order valence-electron chi connectivity index (χ0n) is 16.0. The molecular formula is C23H30N2O2. The highest BCUT2D eigenvalue weighted by Gasteiger charge is 1.97. The molecule has 0 saturated heterocycles. The van der Waals surface area contributed by atoms with Crippen LogP contribution in [-0.2, 0) is 0 Å². The summed E-state index contributed by atoms with van der Waals surface area (Å²) >= 11 is 0. The summed E-state index contributed by atoms with van der Waals surface area (Å²) in [5.41, 5.74) is 1.45. The van der Waals surface area contributed by atoms with Crippen LogP contribution >= 0.6 is 0 Å². The average Bonchev–Trinajstić information content (AvgIpc) is 3.00. The minimum absolute atomic E-state index is 0.0435. The highest BCUT2D eigenvalue weighted by molar-refractivity contribution is 5.42. The Morgan fingerprint density at radius 3 is 1.30 bits per heavy atom. The van der Waals surface area contributed by atoms with Crippen LogP contribution in [0.4, 0.5) is 11.4 Å².